The number of nitrogens with one attached hydrogen (secondary N) is 1. The monoisotopic (exact) mass is 671 g/mol. The number of hydrogen-bond acceptors (Lipinski definition) is 4. The molecule has 0 aliphatic carbocycles. The van der Waals surface area contributed by atoms with E-state index in [4.69, 9.17) is 4.74 Å². The maximum Gasteiger partial charge on any atom is 0.306 e. The number of benzene rings is 4. The first-order chi connectivity index (χ1) is 24.5. The maximum absolute atomic E-state index is 14.6. The number of nitrogens with zero attached hydrogens (tertiary/aromatic N) is 2. The number of rotatable bonds is 18. The highest BCUT2D eigenvalue weighted by Gasteiger charge is 2.29. The zero-order valence-electron chi connectivity index (χ0n) is 29.4. The lowest BCUT2D eigenvalue weighted by Gasteiger charge is -2.30. The zero-order chi connectivity index (χ0) is 35.1. The number of aromatic nitrogens is 1. The van der Waals surface area contributed by atoms with E-state index in [-0.39, 0.29) is 30.8 Å². The van der Waals surface area contributed by atoms with Crippen LogP contribution in [0.1, 0.15) is 85.8 Å². The summed E-state index contributed by atoms with van der Waals surface area (Å²) in [5, 5.41) is 3.95. The van der Waals surface area contributed by atoms with Gasteiger partial charge in [0.15, 0.2) is 0 Å². The summed E-state index contributed by atoms with van der Waals surface area (Å²) >= 11 is 0. The lowest BCUT2D eigenvalue weighted by atomic mass is 10.0. The largest absolute Gasteiger partial charge is 0.461 e. The minimum atomic E-state index is -0.836. The Morgan fingerprint density at radius 3 is 2.16 bits per heavy atom. The fourth-order valence-electron chi connectivity index (χ4n) is 6.30. The van der Waals surface area contributed by atoms with Crippen molar-refractivity contribution in [3.8, 4) is 0 Å². The van der Waals surface area contributed by atoms with Gasteiger partial charge in [-0.1, -0.05) is 124 Å². The third-order valence-corrected chi connectivity index (χ3v) is 9.03. The molecule has 1 N–H and O–H groups in total. The molecule has 7 nitrogen and oxygen atoms in total. The molecule has 1 heterocycles. The highest BCUT2D eigenvalue weighted by molar-refractivity contribution is 6.09. The minimum Gasteiger partial charge on any atom is -0.461 e. The number of anilines is 1. The van der Waals surface area contributed by atoms with Crippen molar-refractivity contribution in [3.63, 3.8) is 0 Å². The van der Waals surface area contributed by atoms with Gasteiger partial charge in [0.25, 0.3) is 5.91 Å². The summed E-state index contributed by atoms with van der Waals surface area (Å²) in [6.45, 7) is 5.62. The molecule has 0 aliphatic heterocycles. The molecule has 0 aliphatic rings. The SMILES string of the molecule is CCCCc1ccccc1N(CCCC)C(=O)[C@H](CCCC(=O)OCc1ccccc1)NC(=O)c1cn(Cc2ccccc2)c2ccccc12. The molecule has 2 amide bonds. The molecule has 0 bridgehead atoms. The molecule has 0 saturated heterocycles. The Morgan fingerprint density at radius 2 is 1.42 bits per heavy atom. The molecule has 1 atom stereocenters. The number of unbranched alkanes of at least 4 members (excludes halogenated alkanes) is 2. The Kier molecular flexibility index (Phi) is 13.4. The normalized spacial score (nSPS) is 11.6. The topological polar surface area (TPSA) is 80.6 Å². The van der Waals surface area contributed by atoms with Crippen LogP contribution in [0.2, 0.25) is 0 Å². The summed E-state index contributed by atoms with van der Waals surface area (Å²) in [6.07, 6.45) is 7.40. The van der Waals surface area contributed by atoms with Gasteiger partial charge < -0.3 is 19.5 Å². The van der Waals surface area contributed by atoms with E-state index in [1.54, 1.807) is 0 Å². The van der Waals surface area contributed by atoms with E-state index >= 15 is 0 Å². The third kappa shape index (κ3) is 9.71. The van der Waals surface area contributed by atoms with E-state index in [0.717, 1.165) is 65.4 Å². The molecule has 4 aromatic carbocycles. The van der Waals surface area contributed by atoms with Gasteiger partial charge in [0, 0.05) is 42.3 Å². The van der Waals surface area contributed by atoms with Gasteiger partial charge in [-0.2, -0.15) is 0 Å². The number of amides is 2. The van der Waals surface area contributed by atoms with Crippen molar-refractivity contribution >= 4 is 34.4 Å². The van der Waals surface area contributed by atoms with E-state index in [1.165, 1.54) is 0 Å². The molecule has 0 fully saturated rings. The number of ether oxygens (including phenoxy) is 1. The second-order valence-corrected chi connectivity index (χ2v) is 12.8. The summed E-state index contributed by atoms with van der Waals surface area (Å²) in [6, 6.07) is 34.8. The Labute approximate surface area is 296 Å². The van der Waals surface area contributed by atoms with Crippen LogP contribution in [0.4, 0.5) is 5.69 Å². The van der Waals surface area contributed by atoms with Gasteiger partial charge in [-0.3, -0.25) is 14.4 Å². The molecule has 0 unspecified atom stereocenters. The lowest BCUT2D eigenvalue weighted by Crippen LogP contribution is -2.49. The molecule has 0 spiro atoms. The molecule has 260 valence electrons. The van der Waals surface area contributed by atoms with Crippen molar-refractivity contribution in [1.82, 2.24) is 9.88 Å². The van der Waals surface area contributed by atoms with Crippen LogP contribution in [0.15, 0.2) is 115 Å². The Hall–Kier alpha value is -5.17. The van der Waals surface area contributed by atoms with Crippen molar-refractivity contribution in [1.29, 1.82) is 0 Å². The van der Waals surface area contributed by atoms with Crippen molar-refractivity contribution < 1.29 is 19.1 Å². The highest BCUT2D eigenvalue weighted by Crippen LogP contribution is 2.26. The summed E-state index contributed by atoms with van der Waals surface area (Å²) in [5.41, 5.74) is 5.51. The van der Waals surface area contributed by atoms with Crippen LogP contribution in [-0.4, -0.2) is 34.9 Å². The van der Waals surface area contributed by atoms with E-state index < -0.39 is 6.04 Å². The third-order valence-electron chi connectivity index (χ3n) is 9.03. The molecule has 5 rings (SSSR count). The van der Waals surface area contributed by atoms with Crippen LogP contribution < -0.4 is 10.2 Å². The van der Waals surface area contributed by atoms with Crippen LogP contribution in [0.3, 0.4) is 0 Å². The fraction of sp³-hybridized carbons (Fsp3) is 0.326. The Morgan fingerprint density at radius 1 is 0.760 bits per heavy atom. The number of aryl methyl sites for hydroxylation is 1. The molecule has 1 aromatic heterocycles. The Bertz CT molecular complexity index is 1830. The molecule has 50 heavy (non-hydrogen) atoms. The first kappa shape index (κ1) is 36.1. The maximum atomic E-state index is 14.6. The van der Waals surface area contributed by atoms with E-state index in [1.807, 2.05) is 102 Å². The highest BCUT2D eigenvalue weighted by atomic mass is 16.5. The fourth-order valence-corrected chi connectivity index (χ4v) is 6.30. The average molecular weight is 672 g/mol. The van der Waals surface area contributed by atoms with Gasteiger partial charge in [-0.15, -0.1) is 0 Å². The molecule has 7 heteroatoms. The van der Waals surface area contributed by atoms with Gasteiger partial charge in [0.2, 0.25) is 5.91 Å². The standard InChI is InChI=1S/C43H49N3O4/c1-3-5-22-35-23-13-15-26-39(35)46(29-6-4-2)43(49)38(25-17-28-41(47)50-32-34-20-11-8-12-21-34)44-42(48)37-31-45(30-33-18-9-7-10-19-33)40-27-16-14-24-36(37)40/h7-16,18-21,23-24,26-27,31,38H,3-6,17,22,25,28-30,32H2,1-2H3,(H,44,48)/t38-/m0/s1. The number of carbonyl (C=O) groups is 3. The first-order valence-electron chi connectivity index (χ1n) is 18.0. The van der Waals surface area contributed by atoms with Gasteiger partial charge in [0.05, 0.1) is 5.56 Å². The van der Waals surface area contributed by atoms with E-state index in [2.05, 4.69) is 41.9 Å². The quantitative estimate of drug-likeness (QED) is 0.0944. The molecule has 0 radical (unpaired) electrons. The van der Waals surface area contributed by atoms with Gasteiger partial charge in [-0.05, 0) is 60.9 Å². The van der Waals surface area contributed by atoms with E-state index in [0.29, 0.717) is 31.5 Å². The summed E-state index contributed by atoms with van der Waals surface area (Å²) in [4.78, 5) is 43.4. The van der Waals surface area contributed by atoms with Crippen LogP contribution in [0.25, 0.3) is 10.9 Å². The number of hydrogen-bond donors (Lipinski definition) is 1. The van der Waals surface area contributed by atoms with Gasteiger partial charge >= 0.3 is 5.97 Å². The molecule has 5 aromatic rings. The molecular formula is C43H49N3O4. The van der Waals surface area contributed by atoms with Crippen molar-refractivity contribution in [3.05, 3.63) is 138 Å². The second kappa shape index (κ2) is 18.6. The number of para-hydroxylation sites is 2. The van der Waals surface area contributed by atoms with Crippen molar-refractivity contribution in [2.75, 3.05) is 11.4 Å². The van der Waals surface area contributed by atoms with Gasteiger partial charge in [0.1, 0.15) is 12.6 Å². The first-order valence-corrected chi connectivity index (χ1v) is 18.0. The predicted octanol–water partition coefficient (Wildman–Crippen LogP) is 8.88. The number of esters is 1. The predicted molar refractivity (Wildman–Crippen MR) is 201 cm³/mol. The average Bonchev–Trinajstić information content (AvgIpc) is 3.52. The Balaban J connectivity index is 1.40. The van der Waals surface area contributed by atoms with E-state index in [9.17, 15) is 14.4 Å². The van der Waals surface area contributed by atoms with Crippen LogP contribution in [-0.2, 0) is 33.9 Å². The number of fused-ring (bicyclic) bond motifs is 1. The smallest absolute Gasteiger partial charge is 0.306 e. The number of carbonyl (C=O) groups excluding carboxylic acids is 3. The van der Waals surface area contributed by atoms with Crippen molar-refractivity contribution in [2.24, 2.45) is 0 Å². The molecular weight excluding hydrogens is 622 g/mol. The zero-order valence-corrected chi connectivity index (χ0v) is 29.4. The summed E-state index contributed by atoms with van der Waals surface area (Å²) in [7, 11) is 0. The van der Waals surface area contributed by atoms with Crippen LogP contribution in [0, 0.1) is 0 Å². The minimum absolute atomic E-state index is 0.144. The molecule has 0 saturated carbocycles. The van der Waals surface area contributed by atoms with Crippen LogP contribution >= 0.6 is 0 Å². The summed E-state index contributed by atoms with van der Waals surface area (Å²) in [5.74, 6) is -0.808. The second-order valence-electron chi connectivity index (χ2n) is 12.8. The summed E-state index contributed by atoms with van der Waals surface area (Å²) < 4.78 is 7.60. The van der Waals surface area contributed by atoms with Gasteiger partial charge in [-0.25, -0.2) is 0 Å². The van der Waals surface area contributed by atoms with Crippen LogP contribution in [0.5, 0.6) is 0 Å². The van der Waals surface area contributed by atoms with Crippen molar-refractivity contribution in [2.45, 2.75) is 84.4 Å². The lowest BCUT2D eigenvalue weighted by molar-refractivity contribution is -0.145.